The molecule has 0 amide bonds. The van der Waals surface area contributed by atoms with E-state index in [0.717, 1.165) is 69.1 Å². The summed E-state index contributed by atoms with van der Waals surface area (Å²) in [6.45, 7) is 2.87. The average molecular weight is 424 g/mol. The Hall–Kier alpha value is -2.24. The Morgan fingerprint density at radius 3 is 2.61 bits per heavy atom. The number of rotatable bonds is 7. The van der Waals surface area contributed by atoms with Gasteiger partial charge in [-0.2, -0.15) is 0 Å². The standard InChI is InChI=1S/C26H35N2O3/c1-28(18-15-21-9-7-16-27-19-21)17-8-14-24(20-28)31-25(29)26(30,23-12-5-6-13-23)22-10-3-2-4-11-22/h2-4,7,9-11,16,19,23-24,30H,5-6,8,12-15,17-18,20H2,1H3/q+1/t24?,26?,28-/m1/s1. The molecule has 1 aliphatic heterocycles. The topological polar surface area (TPSA) is 59.4 Å². The molecule has 1 N–H and O–H groups in total. The maximum Gasteiger partial charge on any atom is 0.343 e. The van der Waals surface area contributed by atoms with Crippen LogP contribution in [0.15, 0.2) is 54.9 Å². The average Bonchev–Trinajstić information content (AvgIpc) is 3.34. The summed E-state index contributed by atoms with van der Waals surface area (Å²) >= 11 is 0. The fourth-order valence-electron chi connectivity index (χ4n) is 5.42. The number of hydrogen-bond donors (Lipinski definition) is 1. The number of piperidine rings is 1. The fourth-order valence-corrected chi connectivity index (χ4v) is 5.42. The number of aliphatic hydroxyl groups is 1. The fraction of sp³-hybridized carbons (Fsp3) is 0.538. The van der Waals surface area contributed by atoms with Crippen molar-refractivity contribution in [2.24, 2.45) is 5.92 Å². The molecule has 2 fully saturated rings. The summed E-state index contributed by atoms with van der Waals surface area (Å²) in [4.78, 5) is 17.6. The molecule has 0 radical (unpaired) electrons. The van der Waals surface area contributed by atoms with Crippen LogP contribution in [0.4, 0.5) is 0 Å². The monoisotopic (exact) mass is 423 g/mol. The molecule has 166 valence electrons. The quantitative estimate of drug-likeness (QED) is 0.543. The number of hydrogen-bond acceptors (Lipinski definition) is 4. The lowest BCUT2D eigenvalue weighted by atomic mass is 9.80. The number of likely N-dealkylation sites (tertiary alicyclic amines) is 1. The van der Waals surface area contributed by atoms with Crippen molar-refractivity contribution in [3.05, 3.63) is 66.0 Å². The van der Waals surface area contributed by atoms with Crippen LogP contribution in [0.1, 0.15) is 49.7 Å². The molecule has 2 heterocycles. The van der Waals surface area contributed by atoms with Gasteiger partial charge in [-0.25, -0.2) is 4.79 Å². The molecule has 0 bridgehead atoms. The Balaban J connectivity index is 1.44. The predicted molar refractivity (Wildman–Crippen MR) is 120 cm³/mol. The molecule has 1 saturated heterocycles. The normalized spacial score (nSPS) is 26.3. The molecule has 3 atom stereocenters. The summed E-state index contributed by atoms with van der Waals surface area (Å²) in [6, 6.07) is 13.5. The molecule has 5 heteroatoms. The van der Waals surface area contributed by atoms with Gasteiger partial charge in [0.2, 0.25) is 0 Å². The lowest BCUT2D eigenvalue weighted by Crippen LogP contribution is -2.56. The third-order valence-corrected chi connectivity index (χ3v) is 7.28. The molecule has 5 nitrogen and oxygen atoms in total. The molecule has 1 aliphatic carbocycles. The van der Waals surface area contributed by atoms with Crippen LogP contribution in [0.2, 0.25) is 0 Å². The second kappa shape index (κ2) is 9.49. The number of carbonyl (C=O) groups is 1. The Bertz CT molecular complexity index is 853. The molecular formula is C26H35N2O3+. The molecule has 2 aliphatic rings. The number of esters is 1. The van der Waals surface area contributed by atoms with Crippen LogP contribution in [-0.4, -0.2) is 53.3 Å². The van der Waals surface area contributed by atoms with Gasteiger partial charge in [0.1, 0.15) is 6.54 Å². The number of ether oxygens (including phenoxy) is 1. The van der Waals surface area contributed by atoms with E-state index in [9.17, 15) is 9.90 Å². The van der Waals surface area contributed by atoms with E-state index in [4.69, 9.17) is 4.74 Å². The number of carbonyl (C=O) groups excluding carboxylic acids is 1. The van der Waals surface area contributed by atoms with Crippen molar-refractivity contribution in [1.82, 2.24) is 4.98 Å². The number of nitrogens with zero attached hydrogens (tertiary/aromatic N) is 2. The molecule has 2 aromatic rings. The Kier molecular flexibility index (Phi) is 6.73. The smallest absolute Gasteiger partial charge is 0.343 e. The zero-order valence-electron chi connectivity index (χ0n) is 18.6. The molecular weight excluding hydrogens is 388 g/mol. The van der Waals surface area contributed by atoms with Gasteiger partial charge < -0.3 is 14.3 Å². The van der Waals surface area contributed by atoms with E-state index < -0.39 is 11.6 Å². The number of benzene rings is 1. The van der Waals surface area contributed by atoms with E-state index in [-0.39, 0.29) is 12.0 Å². The zero-order chi connectivity index (χ0) is 21.7. The number of pyridine rings is 1. The van der Waals surface area contributed by atoms with E-state index >= 15 is 0 Å². The lowest BCUT2D eigenvalue weighted by molar-refractivity contribution is -0.916. The van der Waals surface area contributed by atoms with Crippen LogP contribution in [0.25, 0.3) is 0 Å². The molecule has 4 rings (SSSR count). The number of quaternary nitrogens is 1. The minimum absolute atomic E-state index is 0.0718. The third kappa shape index (κ3) is 4.99. The highest BCUT2D eigenvalue weighted by Crippen LogP contribution is 2.42. The first-order valence-corrected chi connectivity index (χ1v) is 11.7. The molecule has 31 heavy (non-hydrogen) atoms. The van der Waals surface area contributed by atoms with Crippen molar-refractivity contribution >= 4 is 5.97 Å². The highest BCUT2D eigenvalue weighted by atomic mass is 16.6. The molecule has 1 aromatic carbocycles. The van der Waals surface area contributed by atoms with E-state index in [1.807, 2.05) is 42.6 Å². The first-order valence-electron chi connectivity index (χ1n) is 11.7. The molecule has 1 saturated carbocycles. The zero-order valence-corrected chi connectivity index (χ0v) is 18.6. The third-order valence-electron chi connectivity index (χ3n) is 7.28. The highest BCUT2D eigenvalue weighted by molar-refractivity contribution is 5.81. The Morgan fingerprint density at radius 1 is 1.13 bits per heavy atom. The van der Waals surface area contributed by atoms with Crippen LogP contribution in [0.3, 0.4) is 0 Å². The Labute approximate surface area is 185 Å². The molecule has 0 spiro atoms. The van der Waals surface area contributed by atoms with E-state index in [2.05, 4.69) is 18.1 Å². The van der Waals surface area contributed by atoms with Crippen molar-refractivity contribution in [1.29, 1.82) is 0 Å². The van der Waals surface area contributed by atoms with Gasteiger partial charge in [0.05, 0.1) is 20.1 Å². The van der Waals surface area contributed by atoms with Crippen molar-refractivity contribution in [3.63, 3.8) is 0 Å². The van der Waals surface area contributed by atoms with Gasteiger partial charge in [0.15, 0.2) is 11.7 Å². The number of aromatic nitrogens is 1. The maximum absolute atomic E-state index is 13.4. The van der Waals surface area contributed by atoms with Crippen LogP contribution < -0.4 is 0 Å². The van der Waals surface area contributed by atoms with Crippen LogP contribution in [0.5, 0.6) is 0 Å². The summed E-state index contributed by atoms with van der Waals surface area (Å²) in [6.07, 6.45) is 10.3. The van der Waals surface area contributed by atoms with Crippen LogP contribution in [-0.2, 0) is 21.6 Å². The summed E-state index contributed by atoms with van der Waals surface area (Å²) in [7, 11) is 2.25. The summed E-state index contributed by atoms with van der Waals surface area (Å²) < 4.78 is 6.93. The van der Waals surface area contributed by atoms with Crippen molar-refractivity contribution in [2.45, 2.75) is 56.7 Å². The van der Waals surface area contributed by atoms with Gasteiger partial charge in [-0.1, -0.05) is 49.2 Å². The predicted octanol–water partition coefficient (Wildman–Crippen LogP) is 3.85. The largest absolute Gasteiger partial charge is 0.454 e. The summed E-state index contributed by atoms with van der Waals surface area (Å²) in [5.74, 6) is -0.534. The minimum Gasteiger partial charge on any atom is -0.454 e. The Morgan fingerprint density at radius 2 is 1.90 bits per heavy atom. The van der Waals surface area contributed by atoms with Gasteiger partial charge in [0, 0.05) is 31.2 Å². The molecule has 1 aromatic heterocycles. The van der Waals surface area contributed by atoms with Gasteiger partial charge in [0.25, 0.3) is 0 Å². The summed E-state index contributed by atoms with van der Waals surface area (Å²) in [5, 5.41) is 11.7. The summed E-state index contributed by atoms with van der Waals surface area (Å²) in [5.41, 5.74) is 0.353. The highest BCUT2D eigenvalue weighted by Gasteiger charge is 2.49. The first-order chi connectivity index (χ1) is 15.0. The second-order valence-electron chi connectivity index (χ2n) is 9.64. The lowest BCUT2D eigenvalue weighted by Gasteiger charge is -2.42. The van der Waals surface area contributed by atoms with Gasteiger partial charge in [-0.15, -0.1) is 0 Å². The minimum atomic E-state index is -1.55. The second-order valence-corrected chi connectivity index (χ2v) is 9.64. The van der Waals surface area contributed by atoms with Crippen molar-refractivity contribution in [3.8, 4) is 0 Å². The van der Waals surface area contributed by atoms with Crippen LogP contribution >= 0.6 is 0 Å². The van der Waals surface area contributed by atoms with E-state index in [1.54, 1.807) is 6.20 Å². The van der Waals surface area contributed by atoms with Crippen molar-refractivity contribution < 1.29 is 19.1 Å². The SMILES string of the molecule is C[N@+]1(CCc2cccnc2)CCCC(OC(=O)C(O)(c2ccccc2)C2CCCC2)C1. The molecule has 2 unspecified atom stereocenters. The van der Waals surface area contributed by atoms with E-state index in [1.165, 1.54) is 5.56 Å². The maximum atomic E-state index is 13.4. The van der Waals surface area contributed by atoms with Gasteiger partial charge in [-0.05, 0) is 36.5 Å². The van der Waals surface area contributed by atoms with Gasteiger partial charge >= 0.3 is 5.97 Å². The van der Waals surface area contributed by atoms with Crippen LogP contribution in [0, 0.1) is 5.92 Å². The first kappa shape index (κ1) is 22.0. The van der Waals surface area contributed by atoms with E-state index in [0.29, 0.717) is 5.56 Å². The van der Waals surface area contributed by atoms with Gasteiger partial charge in [-0.3, -0.25) is 4.98 Å². The number of likely N-dealkylation sites (N-methyl/N-ethyl adjacent to an activating group) is 1. The van der Waals surface area contributed by atoms with Crippen molar-refractivity contribution in [2.75, 3.05) is 26.7 Å².